The lowest BCUT2D eigenvalue weighted by Gasteiger charge is -2.08. The Labute approximate surface area is 84.7 Å². The van der Waals surface area contributed by atoms with Crippen molar-refractivity contribution in [2.75, 3.05) is 7.11 Å². The van der Waals surface area contributed by atoms with Crippen LogP contribution in [0, 0.1) is 11.3 Å². The third-order valence-corrected chi connectivity index (χ3v) is 2.28. The van der Waals surface area contributed by atoms with Gasteiger partial charge in [-0.05, 0) is 22.0 Å². The van der Waals surface area contributed by atoms with Crippen LogP contribution in [0.4, 0.5) is 0 Å². The van der Waals surface area contributed by atoms with Crippen LogP contribution in [0.1, 0.15) is 5.56 Å². The topological polar surface area (TPSA) is 53.2 Å². The summed E-state index contributed by atoms with van der Waals surface area (Å²) in [6, 6.07) is 5.43. The number of phenols is 1. The Morgan fingerprint density at radius 3 is 2.85 bits per heavy atom. The Kier molecular flexibility index (Phi) is 3.15. The Hall–Kier alpha value is -1.21. The van der Waals surface area contributed by atoms with Crippen LogP contribution in [-0.4, -0.2) is 12.2 Å². The summed E-state index contributed by atoms with van der Waals surface area (Å²) in [4.78, 5) is 0. The van der Waals surface area contributed by atoms with Crippen LogP contribution >= 0.6 is 15.9 Å². The first-order valence-electron chi connectivity index (χ1n) is 3.62. The summed E-state index contributed by atoms with van der Waals surface area (Å²) < 4.78 is 5.54. The summed E-state index contributed by atoms with van der Waals surface area (Å²) >= 11 is 3.16. The predicted octanol–water partition coefficient (Wildman–Crippen LogP) is 2.23. The smallest absolute Gasteiger partial charge is 0.172 e. The van der Waals surface area contributed by atoms with E-state index >= 15 is 0 Å². The monoisotopic (exact) mass is 241 g/mol. The Bertz CT molecular complexity index is 357. The van der Waals surface area contributed by atoms with Gasteiger partial charge in [0.05, 0.1) is 24.1 Å². The highest BCUT2D eigenvalue weighted by Gasteiger charge is 2.10. The van der Waals surface area contributed by atoms with Crippen molar-refractivity contribution in [1.29, 1.82) is 5.26 Å². The lowest BCUT2D eigenvalue weighted by Crippen LogP contribution is -1.91. The molecule has 0 radical (unpaired) electrons. The molecule has 0 aliphatic heterocycles. The molecule has 0 saturated heterocycles. The average molecular weight is 242 g/mol. The van der Waals surface area contributed by atoms with Crippen LogP contribution in [0.15, 0.2) is 16.6 Å². The van der Waals surface area contributed by atoms with Gasteiger partial charge in [-0.2, -0.15) is 5.26 Å². The number of ether oxygens (including phenoxy) is 1. The molecule has 0 saturated carbocycles. The van der Waals surface area contributed by atoms with Gasteiger partial charge in [0, 0.05) is 5.56 Å². The number of rotatable bonds is 2. The molecule has 1 N–H and O–H groups in total. The van der Waals surface area contributed by atoms with Gasteiger partial charge in [0.15, 0.2) is 11.5 Å². The summed E-state index contributed by atoms with van der Waals surface area (Å²) in [5.41, 5.74) is 0.686. The highest BCUT2D eigenvalue weighted by atomic mass is 79.9. The zero-order valence-electron chi connectivity index (χ0n) is 7.04. The van der Waals surface area contributed by atoms with Gasteiger partial charge < -0.3 is 9.84 Å². The van der Waals surface area contributed by atoms with Crippen molar-refractivity contribution in [2.24, 2.45) is 0 Å². The predicted molar refractivity (Wildman–Crippen MR) is 51.7 cm³/mol. The molecule has 1 aromatic carbocycles. The highest BCUT2D eigenvalue weighted by molar-refractivity contribution is 9.10. The molecule has 1 aromatic rings. The molecule has 0 aromatic heterocycles. The quantitative estimate of drug-likeness (QED) is 0.865. The summed E-state index contributed by atoms with van der Waals surface area (Å²) in [7, 11) is 1.46. The fourth-order valence-corrected chi connectivity index (χ4v) is 1.35. The second-order valence-corrected chi connectivity index (χ2v) is 3.28. The minimum Gasteiger partial charge on any atom is -0.503 e. The van der Waals surface area contributed by atoms with E-state index in [9.17, 15) is 5.11 Å². The molecule has 1 rings (SSSR count). The molecule has 0 aliphatic carbocycles. The van der Waals surface area contributed by atoms with Gasteiger partial charge in [-0.1, -0.05) is 6.07 Å². The Balaban J connectivity index is 3.23. The van der Waals surface area contributed by atoms with E-state index in [0.29, 0.717) is 15.8 Å². The van der Waals surface area contributed by atoms with Crippen molar-refractivity contribution in [3.63, 3.8) is 0 Å². The van der Waals surface area contributed by atoms with E-state index < -0.39 is 0 Å². The maximum atomic E-state index is 9.52. The van der Waals surface area contributed by atoms with E-state index in [1.54, 1.807) is 12.1 Å². The standard InChI is InChI=1S/C9H8BrNO2/c1-13-9-6(4-5-11)2-3-7(10)8(9)12/h2-3,12H,4H2,1H3. The third kappa shape index (κ3) is 1.93. The maximum Gasteiger partial charge on any atom is 0.172 e. The molecule has 13 heavy (non-hydrogen) atoms. The Morgan fingerprint density at radius 1 is 1.62 bits per heavy atom. The molecular weight excluding hydrogens is 234 g/mol. The molecule has 0 fully saturated rings. The SMILES string of the molecule is COc1c(CC#N)ccc(Br)c1O. The number of nitriles is 1. The molecule has 0 heterocycles. The fraction of sp³-hybridized carbons (Fsp3) is 0.222. The van der Waals surface area contributed by atoms with E-state index in [1.165, 1.54) is 7.11 Å². The largest absolute Gasteiger partial charge is 0.503 e. The van der Waals surface area contributed by atoms with Crippen molar-refractivity contribution in [2.45, 2.75) is 6.42 Å². The third-order valence-electron chi connectivity index (χ3n) is 1.64. The second-order valence-electron chi connectivity index (χ2n) is 2.42. The van der Waals surface area contributed by atoms with Crippen molar-refractivity contribution in [3.8, 4) is 17.6 Å². The van der Waals surface area contributed by atoms with Gasteiger partial charge in [0.1, 0.15) is 0 Å². The number of aromatic hydroxyl groups is 1. The molecule has 0 unspecified atom stereocenters. The number of nitrogens with zero attached hydrogens (tertiary/aromatic N) is 1. The van der Waals surface area contributed by atoms with E-state index in [1.807, 2.05) is 6.07 Å². The summed E-state index contributed by atoms with van der Waals surface area (Å²) in [6.45, 7) is 0. The van der Waals surface area contributed by atoms with Crippen LogP contribution in [-0.2, 0) is 6.42 Å². The molecule has 0 amide bonds. The van der Waals surface area contributed by atoms with Crippen LogP contribution < -0.4 is 4.74 Å². The van der Waals surface area contributed by atoms with Crippen LogP contribution in [0.3, 0.4) is 0 Å². The molecule has 0 spiro atoms. The van der Waals surface area contributed by atoms with E-state index in [-0.39, 0.29) is 12.2 Å². The average Bonchev–Trinajstić information content (AvgIpc) is 2.12. The number of halogens is 1. The molecular formula is C9H8BrNO2. The van der Waals surface area contributed by atoms with Gasteiger partial charge in [0.25, 0.3) is 0 Å². The summed E-state index contributed by atoms with van der Waals surface area (Å²) in [5, 5.41) is 18.0. The maximum absolute atomic E-state index is 9.52. The summed E-state index contributed by atoms with van der Waals surface area (Å²) in [6.07, 6.45) is 0.226. The van der Waals surface area contributed by atoms with Crippen molar-refractivity contribution >= 4 is 15.9 Å². The van der Waals surface area contributed by atoms with Gasteiger partial charge in [-0.25, -0.2) is 0 Å². The minimum absolute atomic E-state index is 0.0373. The number of hydrogen-bond donors (Lipinski definition) is 1. The molecule has 4 heteroatoms. The van der Waals surface area contributed by atoms with Crippen molar-refractivity contribution in [3.05, 3.63) is 22.2 Å². The lowest BCUT2D eigenvalue weighted by atomic mass is 10.1. The molecule has 0 aliphatic rings. The van der Waals surface area contributed by atoms with Gasteiger partial charge in [-0.3, -0.25) is 0 Å². The first-order valence-corrected chi connectivity index (χ1v) is 4.41. The van der Waals surface area contributed by atoms with Crippen LogP contribution in [0.2, 0.25) is 0 Å². The Morgan fingerprint density at radius 2 is 2.31 bits per heavy atom. The summed E-state index contributed by atoms with van der Waals surface area (Å²) in [5.74, 6) is 0.395. The first-order chi connectivity index (χ1) is 6.20. The van der Waals surface area contributed by atoms with Gasteiger partial charge in [-0.15, -0.1) is 0 Å². The fourth-order valence-electron chi connectivity index (χ4n) is 1.04. The molecule has 0 bridgehead atoms. The van der Waals surface area contributed by atoms with E-state index in [4.69, 9.17) is 10.00 Å². The highest BCUT2D eigenvalue weighted by Crippen LogP contribution is 2.36. The molecule has 0 atom stereocenters. The normalized spacial score (nSPS) is 9.31. The molecule has 68 valence electrons. The van der Waals surface area contributed by atoms with E-state index in [0.717, 1.165) is 0 Å². The van der Waals surface area contributed by atoms with Crippen LogP contribution in [0.25, 0.3) is 0 Å². The number of benzene rings is 1. The van der Waals surface area contributed by atoms with Crippen molar-refractivity contribution < 1.29 is 9.84 Å². The second kappa shape index (κ2) is 4.15. The van der Waals surface area contributed by atoms with Crippen LogP contribution in [0.5, 0.6) is 11.5 Å². The zero-order valence-corrected chi connectivity index (χ0v) is 8.63. The number of hydrogen-bond acceptors (Lipinski definition) is 3. The number of methoxy groups -OCH3 is 1. The lowest BCUT2D eigenvalue weighted by molar-refractivity contribution is 0.368. The van der Waals surface area contributed by atoms with Gasteiger partial charge in [0.2, 0.25) is 0 Å². The molecule has 3 nitrogen and oxygen atoms in total. The van der Waals surface area contributed by atoms with Crippen molar-refractivity contribution in [1.82, 2.24) is 0 Å². The van der Waals surface area contributed by atoms with E-state index in [2.05, 4.69) is 15.9 Å². The number of phenolic OH excluding ortho intramolecular Hbond substituents is 1. The minimum atomic E-state index is 0.0373. The first kappa shape index (κ1) is 9.87. The zero-order chi connectivity index (χ0) is 9.84. The van der Waals surface area contributed by atoms with Gasteiger partial charge >= 0.3 is 0 Å².